The van der Waals surface area contributed by atoms with E-state index in [1.807, 2.05) is 5.32 Å². The molecule has 0 bridgehead atoms. The van der Waals surface area contributed by atoms with Crippen LogP contribution in [0.15, 0.2) is 24.3 Å². The zero-order chi connectivity index (χ0) is 10.6. The van der Waals surface area contributed by atoms with E-state index in [0.29, 0.717) is 0 Å². The van der Waals surface area contributed by atoms with Crippen LogP contribution >= 0.6 is 0 Å². The van der Waals surface area contributed by atoms with Crippen molar-refractivity contribution in [1.29, 1.82) is 5.26 Å². The number of hydrogen-bond donors (Lipinski definition) is 2. The van der Waals surface area contributed by atoms with Crippen molar-refractivity contribution in [1.82, 2.24) is 5.32 Å². The van der Waals surface area contributed by atoms with Gasteiger partial charge in [-0.15, -0.1) is 0 Å². The Bertz CT molecular complexity index is 403. The maximum Gasteiger partial charge on any atom is 0.335 e. The van der Waals surface area contributed by atoms with Gasteiger partial charge in [0.1, 0.15) is 0 Å². The third kappa shape index (κ3) is 2.08. The van der Waals surface area contributed by atoms with Crippen LogP contribution in [0.1, 0.15) is 20.7 Å². The first kappa shape index (κ1) is 9.74. The number of rotatable bonds is 2. The van der Waals surface area contributed by atoms with Crippen LogP contribution in [0.25, 0.3) is 0 Å². The van der Waals surface area contributed by atoms with Gasteiger partial charge in [-0.1, -0.05) is 0 Å². The monoisotopic (exact) mass is 190 g/mol. The van der Waals surface area contributed by atoms with E-state index in [1.54, 1.807) is 0 Å². The Balaban J connectivity index is 2.89. The molecule has 0 aliphatic carbocycles. The summed E-state index contributed by atoms with van der Waals surface area (Å²) in [6.45, 7) is 0. The smallest absolute Gasteiger partial charge is 0.335 e. The largest absolute Gasteiger partial charge is 0.478 e. The molecule has 0 saturated carbocycles. The molecule has 0 heterocycles. The van der Waals surface area contributed by atoms with Crippen molar-refractivity contribution >= 4 is 11.9 Å². The van der Waals surface area contributed by atoms with Gasteiger partial charge in [0.05, 0.1) is 5.56 Å². The lowest BCUT2D eigenvalue weighted by Gasteiger charge is -1.97. The van der Waals surface area contributed by atoms with E-state index >= 15 is 0 Å². The summed E-state index contributed by atoms with van der Waals surface area (Å²) < 4.78 is 0. The van der Waals surface area contributed by atoms with Gasteiger partial charge in [0.15, 0.2) is 6.19 Å². The minimum Gasteiger partial charge on any atom is -0.478 e. The van der Waals surface area contributed by atoms with Gasteiger partial charge in [0.2, 0.25) is 0 Å². The van der Waals surface area contributed by atoms with Crippen molar-refractivity contribution in [2.75, 3.05) is 0 Å². The third-order valence-corrected chi connectivity index (χ3v) is 1.56. The van der Waals surface area contributed by atoms with Crippen molar-refractivity contribution in [3.63, 3.8) is 0 Å². The summed E-state index contributed by atoms with van der Waals surface area (Å²) in [7, 11) is 0. The molecular formula is C9H6N2O3. The molecule has 1 aromatic rings. The van der Waals surface area contributed by atoms with E-state index in [0.717, 1.165) is 0 Å². The van der Waals surface area contributed by atoms with Crippen LogP contribution in [0.4, 0.5) is 0 Å². The van der Waals surface area contributed by atoms with Gasteiger partial charge in [-0.3, -0.25) is 10.1 Å². The molecule has 0 radical (unpaired) electrons. The van der Waals surface area contributed by atoms with Crippen LogP contribution in [0.3, 0.4) is 0 Å². The van der Waals surface area contributed by atoms with Crippen molar-refractivity contribution in [2.45, 2.75) is 0 Å². The number of aromatic carboxylic acids is 1. The van der Waals surface area contributed by atoms with Crippen LogP contribution in [0.5, 0.6) is 0 Å². The van der Waals surface area contributed by atoms with Crippen molar-refractivity contribution in [3.05, 3.63) is 35.4 Å². The number of carboxylic acid groups (broad SMARTS) is 1. The number of amides is 1. The van der Waals surface area contributed by atoms with Crippen LogP contribution < -0.4 is 5.32 Å². The Labute approximate surface area is 79.6 Å². The van der Waals surface area contributed by atoms with Gasteiger partial charge in [-0.2, -0.15) is 5.26 Å². The van der Waals surface area contributed by atoms with E-state index in [4.69, 9.17) is 10.4 Å². The molecule has 0 fully saturated rings. The third-order valence-electron chi connectivity index (χ3n) is 1.56. The number of hydrogen-bond acceptors (Lipinski definition) is 3. The summed E-state index contributed by atoms with van der Waals surface area (Å²) in [6, 6.07) is 5.29. The van der Waals surface area contributed by atoms with Crippen LogP contribution in [0, 0.1) is 11.5 Å². The fraction of sp³-hybridized carbons (Fsp3) is 0. The maximum absolute atomic E-state index is 11.0. The fourth-order valence-electron chi connectivity index (χ4n) is 0.887. The minimum absolute atomic E-state index is 0.0958. The highest BCUT2D eigenvalue weighted by Crippen LogP contribution is 2.03. The molecule has 1 amide bonds. The molecule has 0 saturated heterocycles. The number of carbonyl (C=O) groups is 2. The molecule has 1 aromatic carbocycles. The summed E-state index contributed by atoms with van der Waals surface area (Å²) in [6.07, 6.45) is 1.49. The summed E-state index contributed by atoms with van der Waals surface area (Å²) in [4.78, 5) is 21.5. The molecule has 14 heavy (non-hydrogen) atoms. The zero-order valence-electron chi connectivity index (χ0n) is 7.02. The van der Waals surface area contributed by atoms with E-state index < -0.39 is 11.9 Å². The second-order valence-electron chi connectivity index (χ2n) is 2.45. The predicted octanol–water partition coefficient (Wildman–Crippen LogP) is 0.596. The average Bonchev–Trinajstić information content (AvgIpc) is 2.18. The Morgan fingerprint density at radius 2 is 1.71 bits per heavy atom. The Morgan fingerprint density at radius 1 is 1.21 bits per heavy atom. The summed E-state index contributed by atoms with van der Waals surface area (Å²) in [5.74, 6) is -1.61. The van der Waals surface area contributed by atoms with Crippen LogP contribution in [0.2, 0.25) is 0 Å². The maximum atomic E-state index is 11.0. The molecule has 0 unspecified atom stereocenters. The molecule has 1 rings (SSSR count). The predicted molar refractivity (Wildman–Crippen MR) is 46.5 cm³/mol. The highest BCUT2D eigenvalue weighted by atomic mass is 16.4. The van der Waals surface area contributed by atoms with Gasteiger partial charge in [-0.25, -0.2) is 4.79 Å². The van der Waals surface area contributed by atoms with Crippen molar-refractivity contribution in [2.24, 2.45) is 0 Å². The number of benzene rings is 1. The first-order valence-corrected chi connectivity index (χ1v) is 3.68. The number of nitriles is 1. The SMILES string of the molecule is N#CNC(=O)c1ccc(C(=O)O)cc1. The number of carbonyl (C=O) groups excluding carboxylic acids is 1. The standard InChI is InChI=1S/C9H6N2O3/c10-5-11-8(12)6-1-3-7(4-2-6)9(13)14/h1-4H,(H,11,12)(H,13,14). The van der Waals surface area contributed by atoms with Gasteiger partial charge in [0.25, 0.3) is 5.91 Å². The molecule has 70 valence electrons. The minimum atomic E-state index is -1.06. The topological polar surface area (TPSA) is 90.2 Å². The van der Waals surface area contributed by atoms with Crippen molar-refractivity contribution < 1.29 is 14.7 Å². The molecule has 0 spiro atoms. The summed E-state index contributed by atoms with van der Waals surface area (Å²) in [5, 5.41) is 18.7. The van der Waals surface area contributed by atoms with Gasteiger partial charge in [-0.05, 0) is 24.3 Å². The Hall–Kier alpha value is -2.35. The van der Waals surface area contributed by atoms with E-state index in [2.05, 4.69) is 0 Å². The van der Waals surface area contributed by atoms with Gasteiger partial charge >= 0.3 is 5.97 Å². The Kier molecular flexibility index (Phi) is 2.82. The average molecular weight is 190 g/mol. The second kappa shape index (κ2) is 4.05. The Morgan fingerprint density at radius 3 is 2.14 bits per heavy atom. The molecule has 0 atom stereocenters. The lowest BCUT2D eigenvalue weighted by atomic mass is 10.1. The number of carboxylic acids is 1. The lowest BCUT2D eigenvalue weighted by Crippen LogP contribution is -2.17. The normalized spacial score (nSPS) is 8.79. The van der Waals surface area contributed by atoms with Gasteiger partial charge < -0.3 is 5.11 Å². The first-order chi connectivity index (χ1) is 6.65. The van der Waals surface area contributed by atoms with E-state index in [-0.39, 0.29) is 11.1 Å². The van der Waals surface area contributed by atoms with Gasteiger partial charge in [0, 0.05) is 5.56 Å². The van der Waals surface area contributed by atoms with Crippen LogP contribution in [-0.4, -0.2) is 17.0 Å². The second-order valence-corrected chi connectivity index (χ2v) is 2.45. The van der Waals surface area contributed by atoms with E-state index in [1.165, 1.54) is 30.5 Å². The molecule has 2 N–H and O–H groups in total. The highest BCUT2D eigenvalue weighted by molar-refractivity contribution is 5.96. The first-order valence-electron chi connectivity index (χ1n) is 3.68. The quantitative estimate of drug-likeness (QED) is 0.527. The molecule has 0 aromatic heterocycles. The molecule has 0 aliphatic heterocycles. The molecule has 5 nitrogen and oxygen atoms in total. The number of nitrogens with one attached hydrogen (secondary N) is 1. The van der Waals surface area contributed by atoms with E-state index in [9.17, 15) is 9.59 Å². The van der Waals surface area contributed by atoms with Crippen molar-refractivity contribution in [3.8, 4) is 6.19 Å². The molecular weight excluding hydrogens is 184 g/mol. The molecule has 0 aliphatic rings. The fourth-order valence-corrected chi connectivity index (χ4v) is 0.887. The summed E-state index contributed by atoms with van der Waals surface area (Å²) >= 11 is 0. The zero-order valence-corrected chi connectivity index (χ0v) is 7.02. The lowest BCUT2D eigenvalue weighted by molar-refractivity contribution is 0.0696. The highest BCUT2D eigenvalue weighted by Gasteiger charge is 2.06. The summed E-state index contributed by atoms with van der Waals surface area (Å²) in [5.41, 5.74) is 0.343. The number of nitrogens with zero attached hydrogens (tertiary/aromatic N) is 1. The molecule has 5 heteroatoms. The van der Waals surface area contributed by atoms with Crippen LogP contribution in [-0.2, 0) is 0 Å².